The predicted molar refractivity (Wildman–Crippen MR) is 197 cm³/mol. The van der Waals surface area contributed by atoms with Crippen LogP contribution >= 0.6 is 0 Å². The summed E-state index contributed by atoms with van der Waals surface area (Å²) >= 11 is 0. The van der Waals surface area contributed by atoms with Crippen LogP contribution in [0.4, 0.5) is 27.6 Å². The fourth-order valence-corrected chi connectivity index (χ4v) is 5.35. The van der Waals surface area contributed by atoms with Gasteiger partial charge in [-0.1, -0.05) is 74.9 Å². The number of halogens is 5. The second kappa shape index (κ2) is 21.3. The molecule has 0 aliphatic rings. The van der Waals surface area contributed by atoms with E-state index in [9.17, 15) is 31.5 Å². The second-order valence-corrected chi connectivity index (χ2v) is 12.7. The van der Waals surface area contributed by atoms with Crippen LogP contribution < -0.4 is 19.1 Å². The Balaban J connectivity index is 1.01. The van der Waals surface area contributed by atoms with Gasteiger partial charge in [-0.15, -0.1) is 0 Å². The van der Waals surface area contributed by atoms with Crippen molar-refractivity contribution in [1.29, 1.82) is 0 Å². The normalized spacial score (nSPS) is 11.1. The number of carbonyl (C=O) groups excluding carboxylic acids is 2. The highest BCUT2D eigenvalue weighted by Gasteiger charge is 2.28. The average molecular weight is 754 g/mol. The quantitative estimate of drug-likeness (QED) is 0.0160. The number of hydrogen-bond donors (Lipinski definition) is 0. The van der Waals surface area contributed by atoms with Crippen LogP contribution in [0.5, 0.6) is 17.2 Å². The Morgan fingerprint density at radius 2 is 1.06 bits per heavy atom. The van der Waals surface area contributed by atoms with Crippen LogP contribution in [0.1, 0.15) is 63.4 Å². The summed E-state index contributed by atoms with van der Waals surface area (Å²) < 4.78 is 88.2. The number of rotatable bonds is 21. The van der Waals surface area contributed by atoms with Crippen molar-refractivity contribution in [2.75, 3.05) is 38.8 Å². The van der Waals surface area contributed by atoms with Crippen LogP contribution in [0.3, 0.4) is 0 Å². The highest BCUT2D eigenvalue weighted by molar-refractivity contribution is 5.87. The van der Waals surface area contributed by atoms with E-state index in [1.165, 1.54) is 6.08 Å². The molecule has 0 radical (unpaired) electrons. The molecule has 54 heavy (non-hydrogen) atoms. The van der Waals surface area contributed by atoms with Gasteiger partial charge in [-0.3, -0.25) is 4.79 Å². The van der Waals surface area contributed by atoms with Crippen LogP contribution in [0.25, 0.3) is 17.2 Å². The maximum absolute atomic E-state index is 13.7. The summed E-state index contributed by atoms with van der Waals surface area (Å²) in [7, 11) is 3.94. The summed E-state index contributed by atoms with van der Waals surface area (Å²) in [5, 5.41) is 0. The molecule has 288 valence electrons. The van der Waals surface area contributed by atoms with Gasteiger partial charge in [0.25, 0.3) is 0 Å². The van der Waals surface area contributed by atoms with E-state index in [4.69, 9.17) is 14.2 Å². The van der Waals surface area contributed by atoms with Crippen molar-refractivity contribution in [3.05, 3.63) is 114 Å². The summed E-state index contributed by atoms with van der Waals surface area (Å²) in [4.78, 5) is 25.9. The van der Waals surface area contributed by atoms with Crippen molar-refractivity contribution >= 4 is 23.7 Å². The van der Waals surface area contributed by atoms with Gasteiger partial charge >= 0.3 is 11.9 Å². The predicted octanol–water partition coefficient (Wildman–Crippen LogP) is 10.2. The van der Waals surface area contributed by atoms with Crippen LogP contribution in [0.15, 0.2) is 78.9 Å². The highest BCUT2D eigenvalue weighted by atomic mass is 19.2. The Hall–Kier alpha value is -5.39. The van der Waals surface area contributed by atoms with Crippen molar-refractivity contribution in [3.63, 3.8) is 0 Å². The lowest BCUT2D eigenvalue weighted by Crippen LogP contribution is -2.13. The molecule has 0 unspecified atom stereocenters. The molecule has 0 aliphatic carbocycles. The largest absolute Gasteiger partial charge is 0.494 e. The van der Waals surface area contributed by atoms with E-state index >= 15 is 0 Å². The van der Waals surface area contributed by atoms with E-state index in [1.54, 1.807) is 6.08 Å². The number of carbonyl (C=O) groups is 2. The molecule has 12 heteroatoms. The number of nitrogens with zero attached hydrogens (tertiary/aromatic N) is 1. The van der Waals surface area contributed by atoms with Crippen molar-refractivity contribution in [2.45, 2.75) is 57.8 Å². The molecule has 4 aromatic carbocycles. The third kappa shape index (κ3) is 12.9. The molecule has 0 spiro atoms. The van der Waals surface area contributed by atoms with Gasteiger partial charge in [0.1, 0.15) is 24.7 Å². The van der Waals surface area contributed by atoms with Gasteiger partial charge in [0.2, 0.25) is 34.8 Å². The van der Waals surface area contributed by atoms with E-state index in [-0.39, 0.29) is 19.6 Å². The summed E-state index contributed by atoms with van der Waals surface area (Å²) in [5.41, 5.74) is 4.04. The second-order valence-electron chi connectivity index (χ2n) is 12.7. The minimum Gasteiger partial charge on any atom is -0.494 e. The fourth-order valence-electron chi connectivity index (χ4n) is 5.35. The average Bonchev–Trinajstić information content (AvgIpc) is 3.18. The number of hydrogen-bond acceptors (Lipinski definition) is 7. The molecule has 0 fully saturated rings. The molecule has 0 aromatic heterocycles. The van der Waals surface area contributed by atoms with E-state index in [2.05, 4.69) is 4.74 Å². The Bertz CT molecular complexity index is 1800. The highest BCUT2D eigenvalue weighted by Crippen LogP contribution is 2.30. The van der Waals surface area contributed by atoms with Crippen LogP contribution in [-0.4, -0.2) is 45.9 Å². The summed E-state index contributed by atoms with van der Waals surface area (Å²) in [6.07, 6.45) is 9.60. The van der Waals surface area contributed by atoms with E-state index in [1.807, 2.05) is 91.8 Å². The first-order valence-corrected chi connectivity index (χ1v) is 17.8. The van der Waals surface area contributed by atoms with Gasteiger partial charge in [0.15, 0.2) is 0 Å². The van der Waals surface area contributed by atoms with Gasteiger partial charge in [0.05, 0.1) is 6.61 Å². The molecule has 0 amide bonds. The smallest absolute Gasteiger partial charge is 0.330 e. The third-order valence-corrected chi connectivity index (χ3v) is 8.39. The number of anilines is 1. The van der Waals surface area contributed by atoms with Gasteiger partial charge < -0.3 is 23.8 Å². The summed E-state index contributed by atoms with van der Waals surface area (Å²) in [5.74, 6) is -12.6. The first-order chi connectivity index (χ1) is 26.0. The topological polar surface area (TPSA) is 74.3 Å². The zero-order valence-corrected chi connectivity index (χ0v) is 30.4. The molecule has 0 N–H and O–H groups in total. The number of unbranched alkanes of at least 4 members (excludes halogenated alkanes) is 7. The molecule has 0 saturated carbocycles. The zero-order valence-electron chi connectivity index (χ0n) is 30.4. The molecule has 0 saturated heterocycles. The van der Waals surface area contributed by atoms with Crippen LogP contribution in [0, 0.1) is 29.1 Å². The number of benzene rings is 4. The van der Waals surface area contributed by atoms with E-state index < -0.39 is 46.8 Å². The van der Waals surface area contributed by atoms with Gasteiger partial charge in [-0.05, 0) is 72.0 Å². The third-order valence-electron chi connectivity index (χ3n) is 8.39. The molecule has 4 rings (SSSR count). The van der Waals surface area contributed by atoms with Crippen molar-refractivity contribution < 1.29 is 50.5 Å². The van der Waals surface area contributed by atoms with Crippen LogP contribution in [0.2, 0.25) is 0 Å². The molecule has 4 aromatic rings. The standard InChI is InChI=1S/C42H44F5NO6/c1-48(2)32-19-12-29(13-20-32)14-25-35(49)53-28-27-52-34-23-17-31(18-24-34)30-15-21-33(22-16-30)51-26-10-8-6-4-3-5-7-9-11-36(50)54-42-40(46)38(44)37(43)39(45)41(42)47/h12-25H,3-11,26-28H2,1-2H3/b25-14+. The minimum atomic E-state index is -2.31. The molecule has 0 heterocycles. The lowest BCUT2D eigenvalue weighted by atomic mass is 10.1. The number of esters is 2. The maximum Gasteiger partial charge on any atom is 0.330 e. The minimum absolute atomic E-state index is 0.130. The van der Waals surface area contributed by atoms with Crippen molar-refractivity contribution in [2.24, 2.45) is 0 Å². The lowest BCUT2D eigenvalue weighted by Gasteiger charge is -2.11. The SMILES string of the molecule is CN(C)c1ccc(/C=C/C(=O)OCCOc2ccc(-c3ccc(OCCCCCCCCCCC(=O)Oc4c(F)c(F)c(F)c(F)c4F)cc3)cc2)cc1. The number of ether oxygens (including phenoxy) is 4. The molecule has 7 nitrogen and oxygen atoms in total. The van der Waals surface area contributed by atoms with Gasteiger partial charge in [0, 0.05) is 32.3 Å². The first kappa shape index (κ1) is 41.4. The fraction of sp³-hybridized carbons (Fsp3) is 0.333. The lowest BCUT2D eigenvalue weighted by molar-refractivity contribution is -0.138. The molecular weight excluding hydrogens is 709 g/mol. The van der Waals surface area contributed by atoms with Gasteiger partial charge in [-0.25, -0.2) is 18.0 Å². The monoisotopic (exact) mass is 753 g/mol. The Morgan fingerprint density at radius 3 is 1.59 bits per heavy atom. The first-order valence-electron chi connectivity index (χ1n) is 17.8. The Morgan fingerprint density at radius 1 is 0.574 bits per heavy atom. The Kier molecular flexibility index (Phi) is 16.4. The van der Waals surface area contributed by atoms with Crippen molar-refractivity contribution in [3.8, 4) is 28.4 Å². The molecule has 0 aliphatic heterocycles. The van der Waals surface area contributed by atoms with Gasteiger partial charge in [-0.2, -0.15) is 8.78 Å². The van der Waals surface area contributed by atoms with Crippen LogP contribution in [-0.2, 0) is 14.3 Å². The zero-order chi connectivity index (χ0) is 38.9. The Labute approximate surface area is 312 Å². The van der Waals surface area contributed by atoms with E-state index in [0.717, 1.165) is 66.7 Å². The maximum atomic E-state index is 13.7. The summed E-state index contributed by atoms with van der Waals surface area (Å²) in [6.45, 7) is 0.953. The summed E-state index contributed by atoms with van der Waals surface area (Å²) in [6, 6.07) is 23.3. The van der Waals surface area contributed by atoms with E-state index in [0.29, 0.717) is 25.2 Å². The molecular formula is C42H44F5NO6. The molecule has 0 atom stereocenters. The molecule has 0 bridgehead atoms. The van der Waals surface area contributed by atoms with Crippen molar-refractivity contribution in [1.82, 2.24) is 0 Å².